The first-order valence-corrected chi connectivity index (χ1v) is 5.69. The lowest BCUT2D eigenvalue weighted by Crippen LogP contribution is -2.10. The Morgan fingerprint density at radius 2 is 1.95 bits per heavy atom. The smallest absolute Gasteiger partial charge is 0.396 e. The first-order valence-electron chi connectivity index (χ1n) is 5.69. The van der Waals surface area contributed by atoms with Crippen LogP contribution in [0.2, 0.25) is 0 Å². The molecule has 0 amide bonds. The Kier molecular flexibility index (Phi) is 3.18. The third-order valence-corrected chi connectivity index (χ3v) is 3.02. The second-order valence-electron chi connectivity index (χ2n) is 4.34. The average Bonchev–Trinajstić information content (AvgIpc) is 2.65. The molecule has 0 atom stereocenters. The lowest BCUT2D eigenvalue weighted by atomic mass is 10.1. The number of hydrogen-bond acceptors (Lipinski definition) is 3. The van der Waals surface area contributed by atoms with E-state index in [9.17, 15) is 13.2 Å². The number of nitrogens with zero attached hydrogens (tertiary/aromatic N) is 3. The molecule has 0 aliphatic rings. The monoisotopic (exact) mass is 280 g/mol. The van der Waals surface area contributed by atoms with Gasteiger partial charge in [0.15, 0.2) is 0 Å². The van der Waals surface area contributed by atoms with E-state index in [2.05, 4.69) is 5.10 Å². The topological polar surface area (TPSA) is 67.6 Å². The van der Waals surface area contributed by atoms with Gasteiger partial charge in [0, 0.05) is 0 Å². The molecular weight excluding hydrogens is 269 g/mol. The van der Waals surface area contributed by atoms with E-state index >= 15 is 0 Å². The Bertz CT molecular complexity index is 708. The fraction of sp³-hybridized carbons (Fsp3) is 0.231. The summed E-state index contributed by atoms with van der Waals surface area (Å²) in [5.41, 5.74) is 6.11. The van der Waals surface area contributed by atoms with Gasteiger partial charge >= 0.3 is 6.18 Å². The van der Waals surface area contributed by atoms with Gasteiger partial charge in [-0.15, -0.1) is 0 Å². The van der Waals surface area contributed by atoms with Crippen molar-refractivity contribution >= 4 is 5.69 Å². The van der Waals surface area contributed by atoms with Crippen LogP contribution in [-0.4, -0.2) is 9.78 Å². The molecule has 0 radical (unpaired) electrons. The van der Waals surface area contributed by atoms with Crippen molar-refractivity contribution in [1.29, 1.82) is 5.26 Å². The summed E-state index contributed by atoms with van der Waals surface area (Å²) < 4.78 is 40.1. The number of anilines is 1. The molecule has 20 heavy (non-hydrogen) atoms. The van der Waals surface area contributed by atoms with Gasteiger partial charge in [-0.2, -0.15) is 23.5 Å². The standard InChI is InChI=1S/C13H11F3N4/c1-7-12(18)8(2)20(19-7)10-4-3-9(6-17)11(5-10)13(14,15)16/h3-5H,18H2,1-2H3. The Balaban J connectivity index is 2.66. The molecule has 104 valence electrons. The van der Waals surface area contributed by atoms with Gasteiger partial charge in [0.25, 0.3) is 0 Å². The predicted octanol–water partition coefficient (Wildman–Crippen LogP) is 2.96. The van der Waals surface area contributed by atoms with Crippen LogP contribution in [-0.2, 0) is 6.18 Å². The molecular formula is C13H11F3N4. The van der Waals surface area contributed by atoms with Crippen molar-refractivity contribution in [3.8, 4) is 11.8 Å². The average molecular weight is 280 g/mol. The van der Waals surface area contributed by atoms with E-state index in [0.29, 0.717) is 17.1 Å². The van der Waals surface area contributed by atoms with Crippen molar-refractivity contribution in [3.63, 3.8) is 0 Å². The first-order chi connectivity index (χ1) is 9.25. The minimum absolute atomic E-state index is 0.216. The number of aryl methyl sites for hydroxylation is 1. The molecule has 2 N–H and O–H groups in total. The highest BCUT2D eigenvalue weighted by Crippen LogP contribution is 2.33. The molecule has 0 saturated heterocycles. The summed E-state index contributed by atoms with van der Waals surface area (Å²) in [7, 11) is 0. The van der Waals surface area contributed by atoms with Gasteiger partial charge in [-0.05, 0) is 32.0 Å². The minimum Gasteiger partial charge on any atom is -0.396 e. The SMILES string of the molecule is Cc1nn(-c2ccc(C#N)c(C(F)(F)F)c2)c(C)c1N. The largest absolute Gasteiger partial charge is 0.417 e. The number of nitrogen functional groups attached to an aromatic ring is 1. The highest BCUT2D eigenvalue weighted by Gasteiger charge is 2.34. The Morgan fingerprint density at radius 3 is 2.40 bits per heavy atom. The number of benzene rings is 1. The molecule has 0 spiro atoms. The van der Waals surface area contributed by atoms with Gasteiger partial charge in [0.05, 0.1) is 40.0 Å². The highest BCUT2D eigenvalue weighted by molar-refractivity contribution is 5.53. The zero-order valence-corrected chi connectivity index (χ0v) is 10.8. The van der Waals surface area contributed by atoms with Crippen LogP contribution in [0.1, 0.15) is 22.5 Å². The van der Waals surface area contributed by atoms with E-state index in [1.54, 1.807) is 13.8 Å². The van der Waals surface area contributed by atoms with E-state index in [1.807, 2.05) is 0 Å². The van der Waals surface area contributed by atoms with Crippen molar-refractivity contribution in [1.82, 2.24) is 9.78 Å². The normalized spacial score (nSPS) is 11.4. The second-order valence-corrected chi connectivity index (χ2v) is 4.34. The summed E-state index contributed by atoms with van der Waals surface area (Å²) in [6, 6.07) is 4.98. The van der Waals surface area contributed by atoms with Gasteiger partial charge in [-0.25, -0.2) is 4.68 Å². The van der Waals surface area contributed by atoms with Gasteiger partial charge in [-0.3, -0.25) is 0 Å². The molecule has 7 heteroatoms. The van der Waals surface area contributed by atoms with Crippen molar-refractivity contribution < 1.29 is 13.2 Å². The summed E-state index contributed by atoms with van der Waals surface area (Å²) in [5, 5.41) is 12.9. The number of hydrogen-bond donors (Lipinski definition) is 1. The van der Waals surface area contributed by atoms with Gasteiger partial charge in [-0.1, -0.05) is 0 Å². The third-order valence-electron chi connectivity index (χ3n) is 3.02. The van der Waals surface area contributed by atoms with Crippen LogP contribution < -0.4 is 5.73 Å². The molecule has 0 aliphatic carbocycles. The molecule has 4 nitrogen and oxygen atoms in total. The number of nitrogens with two attached hydrogens (primary N) is 1. The van der Waals surface area contributed by atoms with E-state index in [-0.39, 0.29) is 5.69 Å². The van der Waals surface area contributed by atoms with E-state index in [4.69, 9.17) is 11.0 Å². The van der Waals surface area contributed by atoms with Crippen molar-refractivity contribution in [3.05, 3.63) is 40.7 Å². The van der Waals surface area contributed by atoms with Crippen LogP contribution in [0.5, 0.6) is 0 Å². The van der Waals surface area contributed by atoms with Crippen LogP contribution >= 0.6 is 0 Å². The lowest BCUT2D eigenvalue weighted by Gasteiger charge is -2.11. The summed E-state index contributed by atoms with van der Waals surface area (Å²) in [6.45, 7) is 3.34. The van der Waals surface area contributed by atoms with Gasteiger partial charge < -0.3 is 5.73 Å². The molecule has 1 aromatic carbocycles. The molecule has 0 fully saturated rings. The lowest BCUT2D eigenvalue weighted by molar-refractivity contribution is -0.137. The van der Waals surface area contributed by atoms with Crippen LogP contribution in [0.4, 0.5) is 18.9 Å². The minimum atomic E-state index is -4.59. The Hall–Kier alpha value is -2.49. The number of nitriles is 1. The molecule has 2 rings (SSSR count). The number of alkyl halides is 3. The summed E-state index contributed by atoms with van der Waals surface area (Å²) >= 11 is 0. The molecule has 0 aliphatic heterocycles. The molecule has 0 saturated carbocycles. The quantitative estimate of drug-likeness (QED) is 0.873. The highest BCUT2D eigenvalue weighted by atomic mass is 19.4. The maximum atomic E-state index is 12.9. The second kappa shape index (κ2) is 4.56. The fourth-order valence-electron chi connectivity index (χ4n) is 1.90. The zero-order chi connectivity index (χ0) is 15.1. The van der Waals surface area contributed by atoms with Crippen LogP contribution in [0.25, 0.3) is 5.69 Å². The maximum Gasteiger partial charge on any atom is 0.417 e. The van der Waals surface area contributed by atoms with E-state index < -0.39 is 17.3 Å². The van der Waals surface area contributed by atoms with Crippen LogP contribution in [0.15, 0.2) is 18.2 Å². The molecule has 0 unspecified atom stereocenters. The van der Waals surface area contributed by atoms with Gasteiger partial charge in [0.1, 0.15) is 0 Å². The molecule has 1 aromatic heterocycles. The molecule has 1 heterocycles. The maximum absolute atomic E-state index is 12.9. The molecule has 2 aromatic rings. The summed E-state index contributed by atoms with van der Waals surface area (Å²) in [4.78, 5) is 0. The Morgan fingerprint density at radius 1 is 1.30 bits per heavy atom. The number of rotatable bonds is 1. The number of halogens is 3. The Labute approximate surface area is 113 Å². The first kappa shape index (κ1) is 13.9. The summed E-state index contributed by atoms with van der Waals surface area (Å²) in [6.07, 6.45) is -4.59. The summed E-state index contributed by atoms with van der Waals surface area (Å²) in [5.74, 6) is 0. The van der Waals surface area contributed by atoms with Crippen molar-refractivity contribution in [2.45, 2.75) is 20.0 Å². The van der Waals surface area contributed by atoms with E-state index in [1.165, 1.54) is 16.8 Å². The zero-order valence-electron chi connectivity index (χ0n) is 10.8. The van der Waals surface area contributed by atoms with E-state index in [0.717, 1.165) is 12.1 Å². The van der Waals surface area contributed by atoms with Gasteiger partial charge in [0.2, 0.25) is 0 Å². The van der Waals surface area contributed by atoms with Crippen LogP contribution in [0, 0.1) is 25.2 Å². The van der Waals surface area contributed by atoms with Crippen LogP contribution in [0.3, 0.4) is 0 Å². The fourth-order valence-corrected chi connectivity index (χ4v) is 1.90. The predicted molar refractivity (Wildman–Crippen MR) is 67.2 cm³/mol. The number of aromatic nitrogens is 2. The third kappa shape index (κ3) is 2.20. The van der Waals surface area contributed by atoms with Crippen molar-refractivity contribution in [2.75, 3.05) is 5.73 Å². The molecule has 0 bridgehead atoms. The van der Waals surface area contributed by atoms with Crippen molar-refractivity contribution in [2.24, 2.45) is 0 Å².